The van der Waals surface area contributed by atoms with Gasteiger partial charge in [0, 0.05) is 23.4 Å². The maximum atomic E-state index is 5.78. The van der Waals surface area contributed by atoms with E-state index in [4.69, 9.17) is 5.73 Å². The zero-order valence-electron chi connectivity index (χ0n) is 34.3. The molecule has 0 radical (unpaired) electrons. The summed E-state index contributed by atoms with van der Waals surface area (Å²) >= 11 is 0. The Balaban J connectivity index is 0.000000999. The van der Waals surface area contributed by atoms with Crippen LogP contribution in [0, 0.1) is 30.1 Å². The van der Waals surface area contributed by atoms with Crippen molar-refractivity contribution in [3.8, 4) is 0 Å². The van der Waals surface area contributed by atoms with Crippen molar-refractivity contribution >= 4 is 6.21 Å². The van der Waals surface area contributed by atoms with Gasteiger partial charge in [-0.3, -0.25) is 4.99 Å². The molecule has 49 heavy (non-hydrogen) atoms. The molecule has 0 aromatic heterocycles. The van der Waals surface area contributed by atoms with Crippen LogP contribution in [0.2, 0.25) is 0 Å². The molecule has 4 N–H and O–H groups in total. The summed E-state index contributed by atoms with van der Waals surface area (Å²) in [6.45, 7) is 40.9. The van der Waals surface area contributed by atoms with Gasteiger partial charge in [-0.15, -0.1) is 13.2 Å². The van der Waals surface area contributed by atoms with Crippen LogP contribution in [0.4, 0.5) is 0 Å². The average Bonchev–Trinajstić information content (AvgIpc) is 3.01. The molecule has 1 aliphatic heterocycles. The van der Waals surface area contributed by atoms with E-state index in [9.17, 15) is 0 Å². The quantitative estimate of drug-likeness (QED) is 0.118. The molecule has 1 heterocycles. The second kappa shape index (κ2) is 22.4. The second-order valence-electron chi connectivity index (χ2n) is 15.9. The van der Waals surface area contributed by atoms with Crippen LogP contribution in [0.1, 0.15) is 151 Å². The molecule has 1 atom stereocenters. The fourth-order valence-electron chi connectivity index (χ4n) is 6.28. The topological polar surface area (TPSA) is 62.4 Å². The molecular formula is C45H76N4. The fraction of sp³-hybridized carbons (Fsp3) is 0.578. The van der Waals surface area contributed by atoms with Crippen LogP contribution in [0.15, 0.2) is 95.7 Å². The Bertz CT molecular complexity index is 1290. The lowest BCUT2D eigenvalue weighted by Gasteiger charge is -2.35. The van der Waals surface area contributed by atoms with Crippen molar-refractivity contribution in [2.45, 2.75) is 147 Å². The van der Waals surface area contributed by atoms with Gasteiger partial charge in [-0.05, 0) is 119 Å². The van der Waals surface area contributed by atoms with Crippen molar-refractivity contribution in [3.63, 3.8) is 0 Å². The van der Waals surface area contributed by atoms with Gasteiger partial charge in [-0.25, -0.2) is 0 Å². The molecule has 1 unspecified atom stereocenters. The zero-order valence-corrected chi connectivity index (χ0v) is 34.3. The van der Waals surface area contributed by atoms with Crippen molar-refractivity contribution in [2.24, 2.45) is 33.9 Å². The van der Waals surface area contributed by atoms with E-state index in [1.54, 1.807) is 6.20 Å². The highest BCUT2D eigenvalue weighted by Gasteiger charge is 2.28. The van der Waals surface area contributed by atoms with E-state index >= 15 is 0 Å². The van der Waals surface area contributed by atoms with Crippen LogP contribution >= 0.6 is 0 Å². The summed E-state index contributed by atoms with van der Waals surface area (Å²) in [4.78, 5) is 4.59. The summed E-state index contributed by atoms with van der Waals surface area (Å²) < 4.78 is 0. The summed E-state index contributed by atoms with van der Waals surface area (Å²) in [7, 11) is 0. The summed E-state index contributed by atoms with van der Waals surface area (Å²) in [6.07, 6.45) is 18.1. The molecule has 3 rings (SSSR count). The number of hydrogen-bond acceptors (Lipinski definition) is 4. The normalized spacial score (nSPS) is 19.4. The van der Waals surface area contributed by atoms with Crippen LogP contribution in [-0.2, 0) is 5.41 Å². The van der Waals surface area contributed by atoms with E-state index in [1.165, 1.54) is 55.2 Å². The maximum absolute atomic E-state index is 5.78. The monoisotopic (exact) mass is 673 g/mol. The van der Waals surface area contributed by atoms with Gasteiger partial charge in [-0.2, -0.15) is 0 Å². The number of aryl methyl sites for hydroxylation is 1. The van der Waals surface area contributed by atoms with E-state index in [-0.39, 0.29) is 11.5 Å². The maximum Gasteiger partial charge on any atom is 0.109 e. The van der Waals surface area contributed by atoms with Crippen LogP contribution < -0.4 is 16.4 Å². The molecule has 2 aliphatic rings. The average molecular weight is 673 g/mol. The number of benzene rings is 1. The number of rotatable bonds is 12. The molecule has 4 heteroatoms. The largest absolute Gasteiger partial charge is 0.403 e. The minimum absolute atomic E-state index is 0.000205. The number of nitrogens with two attached hydrogens (primary N) is 1. The fourth-order valence-corrected chi connectivity index (χ4v) is 6.28. The first-order valence-corrected chi connectivity index (χ1v) is 18.7. The molecule has 1 fully saturated rings. The molecule has 1 aromatic rings. The van der Waals surface area contributed by atoms with E-state index in [0.717, 1.165) is 46.1 Å². The molecule has 276 valence electrons. The molecule has 4 nitrogen and oxygen atoms in total. The van der Waals surface area contributed by atoms with Gasteiger partial charge in [0.25, 0.3) is 0 Å². The lowest BCUT2D eigenvalue weighted by atomic mass is 9.71. The number of aliphatic imine (C=N–C) groups is 1. The van der Waals surface area contributed by atoms with Crippen LogP contribution in [0.3, 0.4) is 0 Å². The molecule has 1 aliphatic carbocycles. The zero-order chi connectivity index (χ0) is 37.9. The SMILES string of the molecule is C=C.C=C(C)C(C)(C)c1ccc(C2C=C(N=CC)C(C)=C(NC(/C=C\C)=C/N)N2)cc1C.CC(C)C.CCCC(C)(C)CCC1CC(C)C1. The Labute approximate surface area is 304 Å². The Kier molecular flexibility index (Phi) is 20.9. The number of nitrogens with zero attached hydrogens (tertiary/aromatic N) is 1. The molecule has 1 aromatic carbocycles. The third-order valence-electron chi connectivity index (χ3n) is 9.42. The number of hydrogen-bond donors (Lipinski definition) is 3. The van der Waals surface area contributed by atoms with E-state index in [1.807, 2.05) is 32.2 Å². The van der Waals surface area contributed by atoms with Crippen molar-refractivity contribution in [1.82, 2.24) is 10.6 Å². The summed E-state index contributed by atoms with van der Waals surface area (Å²) in [5.74, 6) is 3.84. The van der Waals surface area contributed by atoms with Gasteiger partial charge in [-0.1, -0.05) is 105 Å². The van der Waals surface area contributed by atoms with Gasteiger partial charge in [0.2, 0.25) is 0 Å². The Morgan fingerprint density at radius 2 is 1.67 bits per heavy atom. The molecule has 0 amide bonds. The predicted molar refractivity (Wildman–Crippen MR) is 222 cm³/mol. The minimum Gasteiger partial charge on any atom is -0.403 e. The summed E-state index contributed by atoms with van der Waals surface area (Å²) in [6, 6.07) is 6.67. The number of allylic oxidation sites excluding steroid dienone is 4. The summed E-state index contributed by atoms with van der Waals surface area (Å²) in [5.41, 5.74) is 14.1. The second-order valence-corrected chi connectivity index (χ2v) is 15.9. The molecular weight excluding hydrogens is 597 g/mol. The first-order chi connectivity index (χ1) is 22.9. The highest BCUT2D eigenvalue weighted by Crippen LogP contribution is 2.40. The molecule has 1 saturated carbocycles. The van der Waals surface area contributed by atoms with Crippen LogP contribution in [0.25, 0.3) is 0 Å². The number of dihydropyridines is 1. The van der Waals surface area contributed by atoms with Gasteiger partial charge >= 0.3 is 0 Å². The number of nitrogens with one attached hydrogen (secondary N) is 2. The molecule has 0 spiro atoms. The van der Waals surface area contributed by atoms with Gasteiger partial charge in [0.15, 0.2) is 0 Å². The Hall–Kier alpha value is -3.27. The molecule has 0 saturated heterocycles. The van der Waals surface area contributed by atoms with Gasteiger partial charge in [0.1, 0.15) is 5.82 Å². The van der Waals surface area contributed by atoms with Crippen molar-refractivity contribution in [2.75, 3.05) is 0 Å². The van der Waals surface area contributed by atoms with Gasteiger partial charge < -0.3 is 16.4 Å². The van der Waals surface area contributed by atoms with E-state index < -0.39 is 0 Å². The highest BCUT2D eigenvalue weighted by molar-refractivity contribution is 5.58. The lowest BCUT2D eigenvalue weighted by Crippen LogP contribution is -2.33. The Morgan fingerprint density at radius 1 is 1.08 bits per heavy atom. The standard InChI is InChI=1S/C26H36N4.C13H26.C4H10.C2H4/c1-9-11-21(16-27)29-25-19(6)23(28-10-2)15-24(30-25)20-12-13-22(18(5)14-20)26(7,8)17(3)4;1-5-7-13(3,4)8-6-12-9-11(2)10-12;1-4(2)3;1-2/h9-16,24,29-30H,3,27H2,1-2,4-8H3;11-12H,5-10H2,1-4H3;4H,1-3H3;1-2H2/b11-9-,21-16+,28-10?;;;. The van der Waals surface area contributed by atoms with Crippen molar-refractivity contribution in [1.29, 1.82) is 0 Å². The smallest absolute Gasteiger partial charge is 0.109 e. The van der Waals surface area contributed by atoms with E-state index in [2.05, 4.69) is 143 Å². The third-order valence-corrected chi connectivity index (χ3v) is 9.42. The first kappa shape index (κ1) is 45.7. The highest BCUT2D eigenvalue weighted by atomic mass is 15.1. The van der Waals surface area contributed by atoms with Gasteiger partial charge in [0.05, 0.1) is 17.4 Å². The third kappa shape index (κ3) is 15.9. The lowest BCUT2D eigenvalue weighted by molar-refractivity contribution is 0.166. The van der Waals surface area contributed by atoms with Crippen molar-refractivity contribution in [3.05, 3.63) is 107 Å². The van der Waals surface area contributed by atoms with Crippen LogP contribution in [0.5, 0.6) is 0 Å². The molecule has 0 bridgehead atoms. The van der Waals surface area contributed by atoms with Crippen LogP contribution in [-0.4, -0.2) is 6.21 Å². The Morgan fingerprint density at radius 3 is 2.12 bits per heavy atom. The minimum atomic E-state index is -0.0629. The predicted octanol–water partition coefficient (Wildman–Crippen LogP) is 12.8. The van der Waals surface area contributed by atoms with Crippen molar-refractivity contribution < 1.29 is 0 Å². The van der Waals surface area contributed by atoms with E-state index in [0.29, 0.717) is 5.41 Å². The summed E-state index contributed by atoms with van der Waals surface area (Å²) in [5, 5.41) is 7.01. The first-order valence-electron chi connectivity index (χ1n) is 18.7.